The molecule has 1 aromatic heterocycles. The molecule has 1 saturated heterocycles. The maximum atomic E-state index is 13.8. The summed E-state index contributed by atoms with van der Waals surface area (Å²) in [6.45, 7) is 0.345. The van der Waals surface area contributed by atoms with Crippen LogP contribution in [0.4, 0.5) is 0 Å². The molecule has 208 valence electrons. The van der Waals surface area contributed by atoms with Crippen LogP contribution in [0.5, 0.6) is 0 Å². The van der Waals surface area contributed by atoms with Crippen LogP contribution in [0.25, 0.3) is 10.9 Å². The molecule has 12 heteroatoms. The van der Waals surface area contributed by atoms with E-state index in [1.807, 2.05) is 43.0 Å². The molecule has 0 radical (unpaired) electrons. The van der Waals surface area contributed by atoms with E-state index in [0.717, 1.165) is 16.5 Å². The van der Waals surface area contributed by atoms with Crippen molar-refractivity contribution in [2.45, 2.75) is 56.3 Å². The number of nitrogens with one attached hydrogen (secondary N) is 3. The molecule has 4 atom stereocenters. The van der Waals surface area contributed by atoms with Crippen molar-refractivity contribution >= 4 is 58.1 Å². The highest BCUT2D eigenvalue weighted by atomic mass is 32.2. The van der Waals surface area contributed by atoms with E-state index in [2.05, 4.69) is 15.6 Å². The Hall–Kier alpha value is -2.70. The molecular formula is C26H37N5O5S2. The molecular weight excluding hydrogens is 526 g/mol. The molecule has 2 aromatic rings. The Morgan fingerprint density at radius 1 is 1.11 bits per heavy atom. The van der Waals surface area contributed by atoms with E-state index < -0.39 is 42.0 Å². The Kier molecular flexibility index (Phi) is 11.4. The zero-order valence-corrected chi connectivity index (χ0v) is 23.4. The molecule has 3 rings (SSSR count). The number of benzene rings is 1. The fourth-order valence-electron chi connectivity index (χ4n) is 4.64. The number of amides is 3. The molecule has 0 aliphatic carbocycles. The van der Waals surface area contributed by atoms with Crippen LogP contribution in [0.15, 0.2) is 30.5 Å². The molecule has 38 heavy (non-hydrogen) atoms. The molecule has 1 aliphatic rings. The predicted molar refractivity (Wildman–Crippen MR) is 152 cm³/mol. The third-order valence-corrected chi connectivity index (χ3v) is 8.03. The molecule has 2 heterocycles. The number of nitrogens with two attached hydrogens (primary N) is 1. The van der Waals surface area contributed by atoms with Crippen molar-refractivity contribution in [3.8, 4) is 0 Å². The second kappa shape index (κ2) is 14.5. The maximum Gasteiger partial charge on any atom is 0.326 e. The lowest BCUT2D eigenvalue weighted by Gasteiger charge is -2.30. The summed E-state index contributed by atoms with van der Waals surface area (Å²) >= 11 is 3.08. The van der Waals surface area contributed by atoms with Crippen LogP contribution in [0.1, 0.15) is 31.2 Å². The first kappa shape index (κ1) is 29.9. The van der Waals surface area contributed by atoms with Crippen LogP contribution in [-0.2, 0) is 25.6 Å². The Labute approximate surface area is 231 Å². The quantitative estimate of drug-likeness (QED) is 0.232. The lowest BCUT2D eigenvalue weighted by molar-refractivity contribution is -0.145. The van der Waals surface area contributed by atoms with Gasteiger partial charge in [0.2, 0.25) is 17.7 Å². The number of H-pyrrole nitrogens is 1. The average molecular weight is 564 g/mol. The van der Waals surface area contributed by atoms with Gasteiger partial charge in [0.05, 0.1) is 6.04 Å². The summed E-state index contributed by atoms with van der Waals surface area (Å²) in [5, 5.41) is 15.9. The third kappa shape index (κ3) is 7.67. The van der Waals surface area contributed by atoms with Crippen molar-refractivity contribution in [1.29, 1.82) is 0 Å². The summed E-state index contributed by atoms with van der Waals surface area (Å²) in [7, 11) is 0. The molecule has 1 aliphatic heterocycles. The van der Waals surface area contributed by atoms with Crippen molar-refractivity contribution in [2.75, 3.05) is 30.6 Å². The number of likely N-dealkylation sites (tertiary alicyclic amines) is 1. The number of carboxylic acids is 1. The van der Waals surface area contributed by atoms with Gasteiger partial charge in [-0.15, -0.1) is 0 Å². The minimum Gasteiger partial charge on any atom is -0.480 e. The summed E-state index contributed by atoms with van der Waals surface area (Å²) in [6.07, 6.45) is 7.64. The number of aromatic amines is 1. The smallest absolute Gasteiger partial charge is 0.326 e. The maximum absolute atomic E-state index is 13.8. The van der Waals surface area contributed by atoms with Crippen LogP contribution >= 0.6 is 23.5 Å². The molecule has 6 N–H and O–H groups in total. The normalized spacial score (nSPS) is 17.7. The number of para-hydroxylation sites is 1. The van der Waals surface area contributed by atoms with Crippen molar-refractivity contribution in [3.05, 3.63) is 36.0 Å². The Balaban J connectivity index is 1.81. The number of hydrogen-bond donors (Lipinski definition) is 5. The summed E-state index contributed by atoms with van der Waals surface area (Å²) in [5.41, 5.74) is 7.87. The van der Waals surface area contributed by atoms with Gasteiger partial charge in [-0.3, -0.25) is 14.4 Å². The number of aromatic nitrogens is 1. The monoisotopic (exact) mass is 563 g/mol. The van der Waals surface area contributed by atoms with Gasteiger partial charge >= 0.3 is 5.97 Å². The van der Waals surface area contributed by atoms with Crippen molar-refractivity contribution in [1.82, 2.24) is 20.5 Å². The topological polar surface area (TPSA) is 158 Å². The fraction of sp³-hybridized carbons (Fsp3) is 0.538. The van der Waals surface area contributed by atoms with Crippen molar-refractivity contribution < 1.29 is 24.3 Å². The molecule has 0 saturated carbocycles. The predicted octanol–water partition coefficient (Wildman–Crippen LogP) is 1.59. The molecule has 1 aromatic carbocycles. The highest BCUT2D eigenvalue weighted by Gasteiger charge is 2.39. The number of carbonyl (C=O) groups is 4. The largest absolute Gasteiger partial charge is 0.480 e. The Morgan fingerprint density at radius 3 is 2.53 bits per heavy atom. The summed E-state index contributed by atoms with van der Waals surface area (Å²) in [4.78, 5) is 56.2. The Bertz CT molecular complexity index is 1130. The van der Waals surface area contributed by atoms with Gasteiger partial charge in [-0.05, 0) is 61.3 Å². The minimum absolute atomic E-state index is 0.222. The zero-order valence-electron chi connectivity index (χ0n) is 21.8. The summed E-state index contributed by atoms with van der Waals surface area (Å²) in [6, 6.07) is 4.19. The molecule has 3 amide bonds. The number of nitrogens with zero attached hydrogens (tertiary/aromatic N) is 1. The number of aliphatic carboxylic acids is 1. The van der Waals surface area contributed by atoms with Gasteiger partial charge in [0.25, 0.3) is 0 Å². The van der Waals surface area contributed by atoms with Gasteiger partial charge in [-0.2, -0.15) is 23.5 Å². The Morgan fingerprint density at radius 2 is 1.82 bits per heavy atom. The lowest BCUT2D eigenvalue weighted by Crippen LogP contribution is -2.57. The fourth-order valence-corrected chi connectivity index (χ4v) is 5.60. The van der Waals surface area contributed by atoms with Gasteiger partial charge in [-0.1, -0.05) is 18.2 Å². The summed E-state index contributed by atoms with van der Waals surface area (Å²) < 4.78 is 0. The average Bonchev–Trinajstić information content (AvgIpc) is 3.56. The van der Waals surface area contributed by atoms with Gasteiger partial charge in [0.15, 0.2) is 0 Å². The van der Waals surface area contributed by atoms with E-state index >= 15 is 0 Å². The van der Waals surface area contributed by atoms with E-state index in [1.54, 1.807) is 11.8 Å². The van der Waals surface area contributed by atoms with Gasteiger partial charge in [0, 0.05) is 30.1 Å². The lowest BCUT2D eigenvalue weighted by atomic mass is 10.0. The van der Waals surface area contributed by atoms with Crippen LogP contribution in [0.3, 0.4) is 0 Å². The molecule has 1 fully saturated rings. The molecule has 4 unspecified atom stereocenters. The number of hydrogen-bond acceptors (Lipinski definition) is 7. The zero-order chi connectivity index (χ0) is 27.7. The number of fused-ring (bicyclic) bond motifs is 1. The highest BCUT2D eigenvalue weighted by molar-refractivity contribution is 7.98. The van der Waals surface area contributed by atoms with Gasteiger partial charge in [-0.25, -0.2) is 4.79 Å². The third-order valence-electron chi connectivity index (χ3n) is 6.75. The number of thioether (sulfide) groups is 2. The highest BCUT2D eigenvalue weighted by Crippen LogP contribution is 2.23. The minimum atomic E-state index is -1.10. The van der Waals surface area contributed by atoms with E-state index in [0.29, 0.717) is 37.3 Å². The van der Waals surface area contributed by atoms with Gasteiger partial charge < -0.3 is 31.4 Å². The first-order valence-electron chi connectivity index (χ1n) is 12.7. The van der Waals surface area contributed by atoms with E-state index in [9.17, 15) is 24.3 Å². The number of rotatable bonds is 14. The van der Waals surface area contributed by atoms with Gasteiger partial charge in [0.1, 0.15) is 18.1 Å². The van der Waals surface area contributed by atoms with Crippen molar-refractivity contribution in [3.63, 3.8) is 0 Å². The van der Waals surface area contributed by atoms with Crippen LogP contribution in [0, 0.1) is 0 Å². The molecule has 0 spiro atoms. The van der Waals surface area contributed by atoms with E-state index in [1.165, 1.54) is 16.7 Å². The summed E-state index contributed by atoms with van der Waals surface area (Å²) in [5.74, 6) is -1.09. The van der Waals surface area contributed by atoms with Crippen LogP contribution in [-0.4, -0.2) is 93.4 Å². The molecule has 10 nitrogen and oxygen atoms in total. The van der Waals surface area contributed by atoms with Crippen LogP contribution in [0.2, 0.25) is 0 Å². The second-order valence-corrected chi connectivity index (χ2v) is 11.4. The van der Waals surface area contributed by atoms with E-state index in [-0.39, 0.29) is 18.7 Å². The first-order valence-corrected chi connectivity index (χ1v) is 15.5. The van der Waals surface area contributed by atoms with E-state index in [4.69, 9.17) is 5.73 Å². The van der Waals surface area contributed by atoms with Crippen molar-refractivity contribution in [2.24, 2.45) is 5.73 Å². The number of carbonyl (C=O) groups excluding carboxylic acids is 3. The SMILES string of the molecule is CSCCC(N)C(=O)NC(Cc1c[nH]c2ccccc12)C(=O)N1CCCC1C(=O)NC(CCSC)C(=O)O. The second-order valence-electron chi connectivity index (χ2n) is 9.38. The first-order chi connectivity index (χ1) is 18.3. The molecule has 0 bridgehead atoms. The van der Waals surface area contributed by atoms with Crippen LogP contribution < -0.4 is 16.4 Å². The number of carboxylic acid groups (broad SMARTS) is 1. The standard InChI is InChI=1S/C26H37N5O5S2/c1-37-12-9-18(27)23(32)30-21(14-16-15-28-19-7-4-3-6-17(16)19)25(34)31-11-5-8-22(31)24(33)29-20(26(35)36)10-13-38-2/h3-4,6-7,15,18,20-22,28H,5,8-14,27H2,1-2H3,(H,29,33)(H,30,32)(H,35,36).